The molecule has 0 amide bonds. The highest BCUT2D eigenvalue weighted by Gasteiger charge is 2.27. The Morgan fingerprint density at radius 2 is 2.00 bits per heavy atom. The Morgan fingerprint density at radius 3 is 2.78 bits per heavy atom. The fraction of sp³-hybridized carbons (Fsp3) is 0.500. The maximum atomic E-state index is 10.5. The summed E-state index contributed by atoms with van der Waals surface area (Å²) in [6.07, 6.45) is 6.65. The quantitative estimate of drug-likeness (QED) is 0.867. The number of rotatable bonds is 2. The molecule has 96 valence electrons. The molecule has 2 unspecified atom stereocenters. The summed E-state index contributed by atoms with van der Waals surface area (Å²) in [5.74, 6) is 0.354. The molecule has 1 N–H and O–H groups in total. The van der Waals surface area contributed by atoms with Crippen LogP contribution in [-0.4, -0.2) is 17.8 Å². The van der Waals surface area contributed by atoms with Gasteiger partial charge in [-0.2, -0.15) is 0 Å². The minimum Gasteiger partial charge on any atom is -0.501 e. The van der Waals surface area contributed by atoms with Crippen molar-refractivity contribution in [2.24, 2.45) is 5.92 Å². The van der Waals surface area contributed by atoms with E-state index in [0.717, 1.165) is 44.3 Å². The van der Waals surface area contributed by atoms with Gasteiger partial charge >= 0.3 is 0 Å². The Hall–Kier alpha value is -1.28. The molecule has 2 heteroatoms. The van der Waals surface area contributed by atoms with Crippen molar-refractivity contribution in [3.05, 3.63) is 47.2 Å². The number of fused-ring (bicyclic) bond motifs is 1. The van der Waals surface area contributed by atoms with Gasteiger partial charge in [0.15, 0.2) is 0 Å². The Kier molecular flexibility index (Phi) is 3.37. The van der Waals surface area contributed by atoms with Crippen molar-refractivity contribution in [3.8, 4) is 0 Å². The third kappa shape index (κ3) is 2.30. The summed E-state index contributed by atoms with van der Waals surface area (Å²) >= 11 is 0. The molecule has 1 aromatic rings. The lowest BCUT2D eigenvalue weighted by Crippen LogP contribution is -2.29. The first-order chi connectivity index (χ1) is 8.84. The number of aliphatic hydroxyl groups excluding tert-OH is 1. The number of aryl methyl sites for hydroxylation is 1. The Bertz CT molecular complexity index is 450. The van der Waals surface area contributed by atoms with Crippen LogP contribution in [0.25, 0.3) is 0 Å². The average Bonchev–Trinajstić information content (AvgIpc) is 2.47. The standard InChI is InChI=1S/C16H20O2/c17-16(15-6-3-9-18-11-15)14-8-7-12-4-1-2-5-13(12)10-14/h1-2,4-5,11,14,16-17H,3,6-10H2. The van der Waals surface area contributed by atoms with Crippen LogP contribution in [0, 0.1) is 5.92 Å². The second kappa shape index (κ2) is 5.15. The molecule has 2 atom stereocenters. The van der Waals surface area contributed by atoms with E-state index in [-0.39, 0.29) is 6.10 Å². The number of hydrogen-bond acceptors (Lipinski definition) is 2. The van der Waals surface area contributed by atoms with Gasteiger partial charge in [0.05, 0.1) is 19.0 Å². The minimum absolute atomic E-state index is 0.321. The van der Waals surface area contributed by atoms with Crippen molar-refractivity contribution in [1.82, 2.24) is 0 Å². The lowest BCUT2D eigenvalue weighted by atomic mass is 9.78. The van der Waals surface area contributed by atoms with Gasteiger partial charge in [0.1, 0.15) is 0 Å². The van der Waals surface area contributed by atoms with Crippen molar-refractivity contribution in [2.75, 3.05) is 6.61 Å². The number of hydrogen-bond donors (Lipinski definition) is 1. The summed E-state index contributed by atoms with van der Waals surface area (Å²) in [7, 11) is 0. The largest absolute Gasteiger partial charge is 0.501 e. The maximum Gasteiger partial charge on any atom is 0.0876 e. The second-order valence-corrected chi connectivity index (χ2v) is 5.38. The molecule has 2 aliphatic rings. The first-order valence-corrected chi connectivity index (χ1v) is 6.90. The number of ether oxygens (including phenoxy) is 1. The molecule has 0 bridgehead atoms. The molecular weight excluding hydrogens is 224 g/mol. The first-order valence-electron chi connectivity index (χ1n) is 6.90. The van der Waals surface area contributed by atoms with Crippen molar-refractivity contribution in [2.45, 2.75) is 38.2 Å². The van der Waals surface area contributed by atoms with Gasteiger partial charge in [-0.05, 0) is 54.7 Å². The highest BCUT2D eigenvalue weighted by atomic mass is 16.5. The summed E-state index contributed by atoms with van der Waals surface area (Å²) in [6.45, 7) is 0.795. The highest BCUT2D eigenvalue weighted by molar-refractivity contribution is 5.30. The maximum absolute atomic E-state index is 10.5. The van der Waals surface area contributed by atoms with Crippen LogP contribution in [0.4, 0.5) is 0 Å². The van der Waals surface area contributed by atoms with Gasteiger partial charge in [-0.1, -0.05) is 24.3 Å². The van der Waals surface area contributed by atoms with Crippen molar-refractivity contribution in [1.29, 1.82) is 0 Å². The molecule has 0 saturated heterocycles. The summed E-state index contributed by atoms with van der Waals surface area (Å²) in [5, 5.41) is 10.5. The third-order valence-electron chi connectivity index (χ3n) is 4.17. The number of aliphatic hydroxyl groups is 1. The van der Waals surface area contributed by atoms with Gasteiger partial charge < -0.3 is 9.84 Å². The monoisotopic (exact) mass is 244 g/mol. The van der Waals surface area contributed by atoms with Gasteiger partial charge in [0.25, 0.3) is 0 Å². The predicted octanol–water partition coefficient (Wildman–Crippen LogP) is 2.85. The van der Waals surface area contributed by atoms with E-state index in [9.17, 15) is 5.11 Å². The smallest absolute Gasteiger partial charge is 0.0876 e. The van der Waals surface area contributed by atoms with Gasteiger partial charge in [-0.15, -0.1) is 0 Å². The van der Waals surface area contributed by atoms with E-state index in [4.69, 9.17) is 4.74 Å². The van der Waals surface area contributed by atoms with E-state index in [0.29, 0.717) is 5.92 Å². The fourth-order valence-corrected chi connectivity index (χ4v) is 3.10. The molecule has 2 nitrogen and oxygen atoms in total. The van der Waals surface area contributed by atoms with Gasteiger partial charge in [-0.3, -0.25) is 0 Å². The van der Waals surface area contributed by atoms with E-state index in [1.54, 1.807) is 6.26 Å². The van der Waals surface area contributed by atoms with Crippen LogP contribution < -0.4 is 0 Å². The molecule has 0 spiro atoms. The molecule has 0 fully saturated rings. The van der Waals surface area contributed by atoms with Crippen LogP contribution in [0.5, 0.6) is 0 Å². The van der Waals surface area contributed by atoms with Crippen LogP contribution in [0.1, 0.15) is 30.4 Å². The van der Waals surface area contributed by atoms with Gasteiger partial charge in [0.2, 0.25) is 0 Å². The summed E-state index contributed by atoms with van der Waals surface area (Å²) < 4.78 is 5.34. The molecular formula is C16H20O2. The second-order valence-electron chi connectivity index (χ2n) is 5.38. The molecule has 0 saturated carbocycles. The third-order valence-corrected chi connectivity index (χ3v) is 4.17. The minimum atomic E-state index is -0.321. The van der Waals surface area contributed by atoms with Crippen LogP contribution in [0.3, 0.4) is 0 Å². The molecule has 3 rings (SSSR count). The molecule has 1 heterocycles. The zero-order chi connectivity index (χ0) is 12.4. The summed E-state index contributed by atoms with van der Waals surface area (Å²) in [4.78, 5) is 0. The topological polar surface area (TPSA) is 29.5 Å². The average molecular weight is 244 g/mol. The zero-order valence-corrected chi connectivity index (χ0v) is 10.6. The molecule has 18 heavy (non-hydrogen) atoms. The Morgan fingerprint density at radius 1 is 1.17 bits per heavy atom. The van der Waals surface area contributed by atoms with E-state index in [1.807, 2.05) is 0 Å². The normalized spacial score (nSPS) is 24.7. The van der Waals surface area contributed by atoms with Gasteiger partial charge in [-0.25, -0.2) is 0 Å². The van der Waals surface area contributed by atoms with E-state index in [1.165, 1.54) is 11.1 Å². The lowest BCUT2D eigenvalue weighted by Gasteiger charge is -2.30. The molecule has 0 radical (unpaired) electrons. The van der Waals surface area contributed by atoms with E-state index < -0.39 is 0 Å². The van der Waals surface area contributed by atoms with Crippen LogP contribution in [-0.2, 0) is 17.6 Å². The molecule has 1 aromatic carbocycles. The summed E-state index contributed by atoms with van der Waals surface area (Å²) in [5.41, 5.74) is 3.95. The van der Waals surface area contributed by atoms with Crippen molar-refractivity contribution >= 4 is 0 Å². The molecule has 1 aliphatic carbocycles. The zero-order valence-electron chi connectivity index (χ0n) is 10.6. The SMILES string of the molecule is OC(C1=COCCC1)C1CCc2ccccc2C1. The van der Waals surface area contributed by atoms with Crippen LogP contribution in [0.2, 0.25) is 0 Å². The first kappa shape index (κ1) is 11.8. The predicted molar refractivity (Wildman–Crippen MR) is 71.2 cm³/mol. The Labute approximate surface area is 108 Å². The summed E-state index contributed by atoms with van der Waals surface area (Å²) in [6, 6.07) is 8.60. The van der Waals surface area contributed by atoms with E-state index >= 15 is 0 Å². The van der Waals surface area contributed by atoms with E-state index in [2.05, 4.69) is 24.3 Å². The molecule has 0 aromatic heterocycles. The van der Waals surface area contributed by atoms with Gasteiger partial charge in [0, 0.05) is 0 Å². The fourth-order valence-electron chi connectivity index (χ4n) is 3.10. The number of benzene rings is 1. The van der Waals surface area contributed by atoms with Crippen molar-refractivity contribution < 1.29 is 9.84 Å². The molecule has 1 aliphatic heterocycles. The van der Waals surface area contributed by atoms with Crippen molar-refractivity contribution in [3.63, 3.8) is 0 Å². The van der Waals surface area contributed by atoms with Crippen LogP contribution >= 0.6 is 0 Å². The Balaban J connectivity index is 1.73. The van der Waals surface area contributed by atoms with Crippen LogP contribution in [0.15, 0.2) is 36.1 Å². The lowest BCUT2D eigenvalue weighted by molar-refractivity contribution is 0.112. The highest BCUT2D eigenvalue weighted by Crippen LogP contribution is 2.31.